The monoisotopic (exact) mass is 308 g/mol. The number of hydrogen-bond donors (Lipinski definition) is 1. The van der Waals surface area contributed by atoms with E-state index in [2.05, 4.69) is 63.2 Å². The fourth-order valence-corrected chi connectivity index (χ4v) is 4.23. The Morgan fingerprint density at radius 2 is 1.48 bits per heavy atom. The van der Waals surface area contributed by atoms with Gasteiger partial charge >= 0.3 is 0 Å². The predicted octanol–water partition coefficient (Wildman–Crippen LogP) is 5.82. The Balaban J connectivity index is 1.74. The molecule has 0 saturated heterocycles. The molecule has 0 unspecified atom stereocenters. The van der Waals surface area contributed by atoms with Crippen LogP contribution in [0.1, 0.15) is 57.6 Å². The van der Waals surface area contributed by atoms with Crippen LogP contribution in [0.3, 0.4) is 0 Å². The molecule has 3 rings (SSSR count). The Bertz CT molecular complexity index is 631. The van der Waals surface area contributed by atoms with Gasteiger partial charge in [0.15, 0.2) is 0 Å². The molecule has 2 aromatic rings. The first-order valence-electron chi connectivity index (χ1n) is 8.77. The number of aromatic hydroxyl groups is 1. The highest BCUT2D eigenvalue weighted by molar-refractivity contribution is 5.32. The minimum atomic E-state index is 0.158. The second kappa shape index (κ2) is 6.03. The smallest absolute Gasteiger partial charge is 0.115 e. The predicted molar refractivity (Wildman–Crippen MR) is 96.9 cm³/mol. The van der Waals surface area contributed by atoms with Gasteiger partial charge in [-0.1, -0.05) is 63.2 Å². The maximum absolute atomic E-state index is 9.53. The summed E-state index contributed by atoms with van der Waals surface area (Å²) in [6.07, 6.45) is 5.03. The lowest BCUT2D eigenvalue weighted by Crippen LogP contribution is -2.36. The molecular formula is C22H28O. The van der Waals surface area contributed by atoms with Gasteiger partial charge in [0.1, 0.15) is 5.75 Å². The lowest BCUT2D eigenvalue weighted by Gasteiger charge is -2.44. The van der Waals surface area contributed by atoms with Crippen molar-refractivity contribution in [1.82, 2.24) is 0 Å². The molecule has 1 aliphatic carbocycles. The molecule has 1 nitrogen and oxygen atoms in total. The molecule has 1 fully saturated rings. The van der Waals surface area contributed by atoms with E-state index >= 15 is 0 Å². The van der Waals surface area contributed by atoms with Gasteiger partial charge < -0.3 is 5.11 Å². The summed E-state index contributed by atoms with van der Waals surface area (Å²) < 4.78 is 0. The van der Waals surface area contributed by atoms with E-state index in [1.807, 2.05) is 12.1 Å². The van der Waals surface area contributed by atoms with E-state index in [9.17, 15) is 5.11 Å². The Hall–Kier alpha value is -1.76. The molecule has 23 heavy (non-hydrogen) atoms. The first kappa shape index (κ1) is 16.1. The van der Waals surface area contributed by atoms with Crippen LogP contribution in [0.5, 0.6) is 5.75 Å². The molecule has 122 valence electrons. The van der Waals surface area contributed by atoms with E-state index in [4.69, 9.17) is 0 Å². The summed E-state index contributed by atoms with van der Waals surface area (Å²) in [5, 5.41) is 9.53. The lowest BCUT2D eigenvalue weighted by atomic mass is 9.60. The van der Waals surface area contributed by atoms with Crippen LogP contribution in [0.2, 0.25) is 0 Å². The third-order valence-electron chi connectivity index (χ3n) is 6.19. The Morgan fingerprint density at radius 3 is 2.04 bits per heavy atom. The maximum atomic E-state index is 9.53. The summed E-state index contributed by atoms with van der Waals surface area (Å²) in [7, 11) is 0. The zero-order valence-electron chi connectivity index (χ0n) is 14.5. The molecule has 1 heteroatoms. The van der Waals surface area contributed by atoms with Crippen LogP contribution in [0.4, 0.5) is 0 Å². The molecule has 0 atom stereocenters. The van der Waals surface area contributed by atoms with Crippen molar-refractivity contribution >= 4 is 0 Å². The standard InChI is InChI=1S/C22H28O/c1-21(2,17-9-11-20(23)12-10-17)18-13-15-22(3,16-14-18)19-7-5-4-6-8-19/h4-12,18,23H,13-16H2,1-3H3. The molecule has 1 aliphatic rings. The van der Waals surface area contributed by atoms with E-state index in [0.29, 0.717) is 17.1 Å². The van der Waals surface area contributed by atoms with E-state index in [1.54, 1.807) is 0 Å². The molecule has 1 N–H and O–H groups in total. The van der Waals surface area contributed by atoms with Crippen LogP contribution in [-0.2, 0) is 10.8 Å². The summed E-state index contributed by atoms with van der Waals surface area (Å²) in [6, 6.07) is 18.8. The zero-order chi connectivity index (χ0) is 16.5. The van der Waals surface area contributed by atoms with Crippen LogP contribution in [0.15, 0.2) is 54.6 Å². The van der Waals surface area contributed by atoms with Crippen LogP contribution >= 0.6 is 0 Å². The summed E-state index contributed by atoms with van der Waals surface area (Å²) in [6.45, 7) is 7.14. The van der Waals surface area contributed by atoms with Gasteiger partial charge in [0.2, 0.25) is 0 Å². The van der Waals surface area contributed by atoms with Gasteiger partial charge in [-0.25, -0.2) is 0 Å². The van der Waals surface area contributed by atoms with E-state index in [0.717, 1.165) is 0 Å². The van der Waals surface area contributed by atoms with Crippen molar-refractivity contribution in [2.24, 2.45) is 5.92 Å². The molecule has 2 aromatic carbocycles. The van der Waals surface area contributed by atoms with Gasteiger partial charge in [0.25, 0.3) is 0 Å². The first-order valence-corrected chi connectivity index (χ1v) is 8.77. The van der Waals surface area contributed by atoms with Crippen molar-refractivity contribution in [2.75, 3.05) is 0 Å². The molecule has 0 bridgehead atoms. The van der Waals surface area contributed by atoms with Crippen LogP contribution in [-0.4, -0.2) is 5.11 Å². The number of benzene rings is 2. The average molecular weight is 308 g/mol. The third-order valence-corrected chi connectivity index (χ3v) is 6.19. The number of phenols is 1. The van der Waals surface area contributed by atoms with E-state index < -0.39 is 0 Å². The van der Waals surface area contributed by atoms with Crippen molar-refractivity contribution in [2.45, 2.75) is 57.3 Å². The fourth-order valence-electron chi connectivity index (χ4n) is 4.23. The lowest BCUT2D eigenvalue weighted by molar-refractivity contribution is 0.178. The van der Waals surface area contributed by atoms with Crippen LogP contribution in [0.25, 0.3) is 0 Å². The fraction of sp³-hybridized carbons (Fsp3) is 0.455. The van der Waals surface area contributed by atoms with Gasteiger partial charge in [-0.3, -0.25) is 0 Å². The first-order chi connectivity index (χ1) is 10.9. The summed E-state index contributed by atoms with van der Waals surface area (Å²) in [4.78, 5) is 0. The van der Waals surface area contributed by atoms with Crippen molar-refractivity contribution in [3.8, 4) is 5.75 Å². The number of phenolic OH excluding ortho intramolecular Hbond substituents is 1. The molecule has 0 heterocycles. The average Bonchev–Trinajstić information content (AvgIpc) is 2.56. The molecule has 0 radical (unpaired) electrons. The SMILES string of the molecule is CC1(c2ccccc2)CCC(C(C)(C)c2ccc(O)cc2)CC1. The summed E-state index contributed by atoms with van der Waals surface area (Å²) in [5.41, 5.74) is 3.30. The van der Waals surface area contributed by atoms with Crippen molar-refractivity contribution in [1.29, 1.82) is 0 Å². The summed E-state index contributed by atoms with van der Waals surface area (Å²) in [5.74, 6) is 1.05. The summed E-state index contributed by atoms with van der Waals surface area (Å²) >= 11 is 0. The second-order valence-corrected chi connectivity index (χ2v) is 7.97. The van der Waals surface area contributed by atoms with Crippen molar-refractivity contribution < 1.29 is 5.11 Å². The Labute approximate surface area is 140 Å². The molecule has 0 aliphatic heterocycles. The maximum Gasteiger partial charge on any atom is 0.115 e. The zero-order valence-corrected chi connectivity index (χ0v) is 14.5. The minimum absolute atomic E-state index is 0.158. The number of rotatable bonds is 3. The normalized spacial score (nSPS) is 25.3. The molecular weight excluding hydrogens is 280 g/mol. The van der Waals surface area contributed by atoms with Crippen molar-refractivity contribution in [3.05, 3.63) is 65.7 Å². The molecule has 0 aromatic heterocycles. The third kappa shape index (κ3) is 3.15. The van der Waals surface area contributed by atoms with Crippen molar-refractivity contribution in [3.63, 3.8) is 0 Å². The highest BCUT2D eigenvalue weighted by atomic mass is 16.3. The van der Waals surface area contributed by atoms with E-state index in [1.165, 1.54) is 36.8 Å². The highest BCUT2D eigenvalue weighted by Crippen LogP contribution is 2.47. The quantitative estimate of drug-likeness (QED) is 0.757. The molecule has 0 spiro atoms. The van der Waals surface area contributed by atoms with Crippen LogP contribution in [0, 0.1) is 5.92 Å². The Morgan fingerprint density at radius 1 is 0.913 bits per heavy atom. The van der Waals surface area contributed by atoms with Crippen LogP contribution < -0.4 is 0 Å². The van der Waals surface area contributed by atoms with Gasteiger partial charge in [0.05, 0.1) is 0 Å². The van der Waals surface area contributed by atoms with Gasteiger partial charge in [-0.15, -0.1) is 0 Å². The second-order valence-electron chi connectivity index (χ2n) is 7.97. The van der Waals surface area contributed by atoms with Gasteiger partial charge in [-0.2, -0.15) is 0 Å². The van der Waals surface area contributed by atoms with E-state index in [-0.39, 0.29) is 5.41 Å². The minimum Gasteiger partial charge on any atom is -0.508 e. The Kier molecular flexibility index (Phi) is 4.23. The topological polar surface area (TPSA) is 20.2 Å². The van der Waals surface area contributed by atoms with Gasteiger partial charge in [0, 0.05) is 0 Å². The van der Waals surface area contributed by atoms with Gasteiger partial charge in [-0.05, 0) is 65.7 Å². The molecule has 0 amide bonds. The number of hydrogen-bond acceptors (Lipinski definition) is 1. The highest BCUT2D eigenvalue weighted by Gasteiger charge is 2.39. The largest absolute Gasteiger partial charge is 0.508 e. The molecule has 1 saturated carbocycles.